The van der Waals surface area contributed by atoms with Gasteiger partial charge in [-0.2, -0.15) is 0 Å². The molecule has 0 aromatic carbocycles. The molecule has 0 saturated heterocycles. The maximum absolute atomic E-state index is 12.5. The molecular weight excluding hydrogens is 556 g/mol. The van der Waals surface area contributed by atoms with Crippen LogP contribution in [0.1, 0.15) is 122 Å². The van der Waals surface area contributed by atoms with Crippen molar-refractivity contribution in [2.24, 2.45) is 0 Å². The molecule has 1 unspecified atom stereocenters. The lowest BCUT2D eigenvalue weighted by Crippen LogP contribution is -2.40. The van der Waals surface area contributed by atoms with Crippen molar-refractivity contribution >= 4 is 40.1 Å². The lowest BCUT2D eigenvalue weighted by atomic mass is 9.93. The first-order valence-corrected chi connectivity index (χ1v) is 15.6. The number of halogens is 1. The van der Waals surface area contributed by atoms with E-state index in [1.165, 1.54) is 12.8 Å². The maximum Gasteiger partial charge on any atom is 0.310 e. The molecule has 0 fully saturated rings. The summed E-state index contributed by atoms with van der Waals surface area (Å²) in [5, 5.41) is 0.782. The minimum atomic E-state index is -1.51. The van der Waals surface area contributed by atoms with Crippen LogP contribution in [0.2, 0.25) is 0 Å². The zero-order valence-electron chi connectivity index (χ0n) is 23.8. The predicted octanol–water partition coefficient (Wildman–Crippen LogP) is 6.64. The van der Waals surface area contributed by atoms with Gasteiger partial charge in [-0.05, 0) is 57.8 Å². The molecule has 8 nitrogen and oxygen atoms in total. The van der Waals surface area contributed by atoms with Crippen LogP contribution in [0.15, 0.2) is 0 Å². The Hall–Kier alpha value is -1.48. The van der Waals surface area contributed by atoms with Gasteiger partial charge in [0.15, 0.2) is 11.9 Å². The van der Waals surface area contributed by atoms with Crippen LogP contribution in [0.3, 0.4) is 0 Å². The molecule has 0 bridgehead atoms. The van der Waals surface area contributed by atoms with Gasteiger partial charge in [0.05, 0.1) is 19.6 Å². The van der Waals surface area contributed by atoms with E-state index in [2.05, 4.69) is 22.9 Å². The quantitative estimate of drug-likeness (QED) is 0.0337. The maximum atomic E-state index is 12.5. The largest absolute Gasteiger partial charge is 0.466 e. The molecule has 0 radical (unpaired) electrons. The molecule has 0 spiro atoms. The minimum Gasteiger partial charge on any atom is -0.466 e. The van der Waals surface area contributed by atoms with E-state index < -0.39 is 17.5 Å². The van der Waals surface area contributed by atoms with Crippen molar-refractivity contribution in [2.45, 2.75) is 128 Å². The Kier molecular flexibility index (Phi) is 24.8. The van der Waals surface area contributed by atoms with Crippen molar-refractivity contribution < 1.29 is 38.1 Å². The van der Waals surface area contributed by atoms with Crippen LogP contribution >= 0.6 is 15.9 Å². The van der Waals surface area contributed by atoms with Gasteiger partial charge >= 0.3 is 17.9 Å². The van der Waals surface area contributed by atoms with Gasteiger partial charge in [0.2, 0.25) is 0 Å². The first-order chi connectivity index (χ1) is 18.4. The van der Waals surface area contributed by atoms with E-state index in [9.17, 15) is 19.2 Å². The van der Waals surface area contributed by atoms with E-state index in [0.717, 1.165) is 63.1 Å². The van der Waals surface area contributed by atoms with Gasteiger partial charge in [0.25, 0.3) is 0 Å². The summed E-state index contributed by atoms with van der Waals surface area (Å²) in [6.07, 6.45) is 13.5. The second-order valence-corrected chi connectivity index (χ2v) is 10.6. The van der Waals surface area contributed by atoms with Crippen molar-refractivity contribution in [3.8, 4) is 0 Å². The molecule has 0 N–H and O–H groups in total. The summed E-state index contributed by atoms with van der Waals surface area (Å²) in [7, 11) is 1.65. The summed E-state index contributed by atoms with van der Waals surface area (Å²) in [4.78, 5) is 48.8. The van der Waals surface area contributed by atoms with Crippen LogP contribution < -0.4 is 0 Å². The Morgan fingerprint density at radius 2 is 1.24 bits per heavy atom. The molecule has 0 heterocycles. The molecule has 38 heavy (non-hydrogen) atoms. The highest BCUT2D eigenvalue weighted by molar-refractivity contribution is 9.09. The normalized spacial score (nSPS) is 12.5. The Balaban J connectivity index is 4.50. The highest BCUT2D eigenvalue weighted by Crippen LogP contribution is 2.24. The summed E-state index contributed by atoms with van der Waals surface area (Å²) in [6, 6.07) is 0. The molecular formula is C29H51BrO8. The number of ether oxygens (including phenoxy) is 4. The lowest BCUT2D eigenvalue weighted by molar-refractivity contribution is -0.170. The van der Waals surface area contributed by atoms with Gasteiger partial charge in [0.1, 0.15) is 0 Å². The molecule has 222 valence electrons. The average Bonchev–Trinajstić information content (AvgIpc) is 2.90. The Morgan fingerprint density at radius 1 is 0.684 bits per heavy atom. The molecule has 0 aromatic rings. The van der Waals surface area contributed by atoms with Crippen molar-refractivity contribution in [3.63, 3.8) is 0 Å². The molecule has 9 heteroatoms. The topological polar surface area (TPSA) is 105 Å². The number of esters is 3. The van der Waals surface area contributed by atoms with Crippen molar-refractivity contribution in [1.29, 1.82) is 0 Å². The van der Waals surface area contributed by atoms with Gasteiger partial charge in [0, 0.05) is 31.9 Å². The van der Waals surface area contributed by atoms with Crippen LogP contribution in [0.4, 0.5) is 0 Å². The monoisotopic (exact) mass is 606 g/mol. The van der Waals surface area contributed by atoms with E-state index in [-0.39, 0.29) is 31.8 Å². The fourth-order valence-electron chi connectivity index (χ4n) is 3.96. The predicted molar refractivity (Wildman–Crippen MR) is 151 cm³/mol. The first-order valence-electron chi connectivity index (χ1n) is 14.5. The number of aldehydes is 1. The lowest BCUT2D eigenvalue weighted by Gasteiger charge is -2.27. The molecule has 0 aromatic heterocycles. The summed E-state index contributed by atoms with van der Waals surface area (Å²) in [6.45, 7) is 3.46. The number of rotatable bonds is 27. The number of hydrogen-bond acceptors (Lipinski definition) is 8. The van der Waals surface area contributed by atoms with E-state index in [1.807, 2.05) is 0 Å². The summed E-state index contributed by atoms with van der Waals surface area (Å²) < 4.78 is 21.2. The van der Waals surface area contributed by atoms with Crippen LogP contribution in [0.5, 0.6) is 0 Å². The standard InChI is InChI=1S/C29H51BrO8/c1-3-4-5-6-10-17-26(32)36-22-15-8-7-12-19-29(25-31,38-27(33)18-11-13-20-30)24-28(34)37-23-16-9-14-21-35-2/h25H,3-24H2,1-2H3. The Labute approximate surface area is 238 Å². The minimum absolute atomic E-state index is 0.148. The molecule has 0 aliphatic carbocycles. The number of hydrogen-bond donors (Lipinski definition) is 0. The van der Waals surface area contributed by atoms with Crippen LogP contribution in [-0.4, -0.2) is 62.1 Å². The van der Waals surface area contributed by atoms with Gasteiger partial charge in [-0.3, -0.25) is 19.2 Å². The summed E-state index contributed by atoms with van der Waals surface area (Å²) in [5.74, 6) is -1.17. The summed E-state index contributed by atoms with van der Waals surface area (Å²) >= 11 is 3.33. The number of unbranched alkanes of at least 4 members (excludes halogenated alkanes) is 10. The highest BCUT2D eigenvalue weighted by Gasteiger charge is 2.37. The van der Waals surface area contributed by atoms with Crippen molar-refractivity contribution in [3.05, 3.63) is 0 Å². The molecule has 0 aliphatic rings. The third-order valence-electron chi connectivity index (χ3n) is 6.24. The third-order valence-corrected chi connectivity index (χ3v) is 6.80. The van der Waals surface area contributed by atoms with Crippen LogP contribution in [0, 0.1) is 0 Å². The molecule has 0 rings (SSSR count). The second kappa shape index (κ2) is 25.8. The highest BCUT2D eigenvalue weighted by atomic mass is 79.9. The van der Waals surface area contributed by atoms with Gasteiger partial charge in [-0.25, -0.2) is 0 Å². The summed E-state index contributed by atoms with van der Waals surface area (Å²) in [5.41, 5.74) is -1.51. The van der Waals surface area contributed by atoms with E-state index in [4.69, 9.17) is 18.9 Å². The van der Waals surface area contributed by atoms with E-state index in [1.54, 1.807) is 7.11 Å². The second-order valence-electron chi connectivity index (χ2n) is 9.80. The van der Waals surface area contributed by atoms with Crippen LogP contribution in [-0.2, 0) is 38.1 Å². The first kappa shape index (κ1) is 36.5. The van der Waals surface area contributed by atoms with Crippen LogP contribution in [0.25, 0.3) is 0 Å². The fraction of sp³-hybridized carbons (Fsp3) is 0.862. The van der Waals surface area contributed by atoms with Crippen molar-refractivity contribution in [2.75, 3.05) is 32.3 Å². The third kappa shape index (κ3) is 21.5. The number of alkyl halides is 1. The smallest absolute Gasteiger partial charge is 0.310 e. The molecule has 0 aliphatic heterocycles. The average molecular weight is 608 g/mol. The van der Waals surface area contributed by atoms with E-state index >= 15 is 0 Å². The SMILES string of the molecule is CCCCCCCC(=O)OCCCCCCC(C=O)(CC(=O)OCCCCCOC)OC(=O)CCCCBr. The number of carbonyl (C=O) groups is 4. The fourth-order valence-corrected chi connectivity index (χ4v) is 4.36. The number of methoxy groups -OCH3 is 1. The van der Waals surface area contributed by atoms with Gasteiger partial charge < -0.3 is 18.9 Å². The molecule has 1 atom stereocenters. The van der Waals surface area contributed by atoms with Gasteiger partial charge in [-0.15, -0.1) is 0 Å². The molecule has 0 saturated carbocycles. The Bertz CT molecular complexity index is 628. The number of carbonyl (C=O) groups excluding carboxylic acids is 4. The van der Waals surface area contributed by atoms with Crippen molar-refractivity contribution in [1.82, 2.24) is 0 Å². The Morgan fingerprint density at radius 3 is 1.89 bits per heavy atom. The molecule has 0 amide bonds. The zero-order chi connectivity index (χ0) is 28.3. The zero-order valence-corrected chi connectivity index (χ0v) is 25.4. The van der Waals surface area contributed by atoms with E-state index in [0.29, 0.717) is 45.2 Å². The van der Waals surface area contributed by atoms with Gasteiger partial charge in [-0.1, -0.05) is 61.4 Å².